The van der Waals surface area contributed by atoms with Crippen molar-refractivity contribution in [2.24, 2.45) is 5.92 Å². The van der Waals surface area contributed by atoms with Crippen LogP contribution in [-0.4, -0.2) is 6.10 Å². The van der Waals surface area contributed by atoms with Gasteiger partial charge in [-0.25, -0.2) is 0 Å². The molecule has 0 amide bonds. The number of hydrogen-bond donors (Lipinski definition) is 0. The van der Waals surface area contributed by atoms with Gasteiger partial charge < -0.3 is 4.74 Å². The fraction of sp³-hybridized carbons (Fsp3) is 0.500. The van der Waals surface area contributed by atoms with Crippen molar-refractivity contribution in [3.05, 3.63) is 29.3 Å². The fourth-order valence-electron chi connectivity index (χ4n) is 1.73. The Labute approximate surface area is 79.7 Å². The topological polar surface area (TPSA) is 9.23 Å². The van der Waals surface area contributed by atoms with E-state index in [1.54, 1.807) is 0 Å². The first-order valence-electron chi connectivity index (χ1n) is 4.93. The fourth-order valence-corrected chi connectivity index (χ4v) is 1.73. The molecule has 0 aromatic heterocycles. The summed E-state index contributed by atoms with van der Waals surface area (Å²) < 4.78 is 5.85. The van der Waals surface area contributed by atoms with Gasteiger partial charge in [-0.3, -0.25) is 0 Å². The van der Waals surface area contributed by atoms with Gasteiger partial charge in [-0.2, -0.15) is 0 Å². The van der Waals surface area contributed by atoms with E-state index >= 15 is 0 Å². The average Bonchev–Trinajstić information content (AvgIpc) is 2.46. The highest BCUT2D eigenvalue weighted by atomic mass is 16.5. The standard InChI is InChI=1S/C12H16O/c1-8(2)11-7-10-5-4-9(3)6-12(10)13-11/h4-6,8,11H,7H2,1-3H3. The third-order valence-corrected chi connectivity index (χ3v) is 2.67. The van der Waals surface area contributed by atoms with Crippen LogP contribution in [0.25, 0.3) is 0 Å². The van der Waals surface area contributed by atoms with Crippen LogP contribution in [0.4, 0.5) is 0 Å². The van der Waals surface area contributed by atoms with Crippen LogP contribution in [0.2, 0.25) is 0 Å². The van der Waals surface area contributed by atoms with Crippen molar-refractivity contribution in [2.75, 3.05) is 0 Å². The summed E-state index contributed by atoms with van der Waals surface area (Å²) >= 11 is 0. The van der Waals surface area contributed by atoms with E-state index in [2.05, 4.69) is 39.0 Å². The second kappa shape index (κ2) is 3.06. The maximum absolute atomic E-state index is 5.85. The lowest BCUT2D eigenvalue weighted by atomic mass is 10.0. The van der Waals surface area contributed by atoms with Crippen molar-refractivity contribution in [2.45, 2.75) is 33.3 Å². The minimum absolute atomic E-state index is 0.386. The van der Waals surface area contributed by atoms with E-state index in [0.717, 1.165) is 12.2 Å². The third kappa shape index (κ3) is 1.55. The van der Waals surface area contributed by atoms with Crippen molar-refractivity contribution in [3.63, 3.8) is 0 Å². The highest BCUT2D eigenvalue weighted by molar-refractivity contribution is 5.40. The summed E-state index contributed by atoms with van der Waals surface area (Å²) in [7, 11) is 0. The van der Waals surface area contributed by atoms with Gasteiger partial charge in [0.05, 0.1) is 0 Å². The van der Waals surface area contributed by atoms with Gasteiger partial charge >= 0.3 is 0 Å². The van der Waals surface area contributed by atoms with Crippen molar-refractivity contribution in [1.29, 1.82) is 0 Å². The van der Waals surface area contributed by atoms with Gasteiger partial charge in [-0.1, -0.05) is 26.0 Å². The maximum atomic E-state index is 5.85. The van der Waals surface area contributed by atoms with E-state index in [1.807, 2.05) is 0 Å². The number of fused-ring (bicyclic) bond motifs is 1. The Morgan fingerprint density at radius 3 is 2.85 bits per heavy atom. The molecular formula is C12H16O. The Hall–Kier alpha value is -0.980. The third-order valence-electron chi connectivity index (χ3n) is 2.67. The van der Waals surface area contributed by atoms with Crippen LogP contribution in [-0.2, 0) is 6.42 Å². The van der Waals surface area contributed by atoms with Gasteiger partial charge in [-0.05, 0) is 30.0 Å². The first-order valence-corrected chi connectivity index (χ1v) is 4.93. The van der Waals surface area contributed by atoms with Crippen LogP contribution in [0.3, 0.4) is 0 Å². The largest absolute Gasteiger partial charge is 0.490 e. The predicted molar refractivity (Wildman–Crippen MR) is 54.1 cm³/mol. The van der Waals surface area contributed by atoms with E-state index in [9.17, 15) is 0 Å². The summed E-state index contributed by atoms with van der Waals surface area (Å²) in [6.07, 6.45) is 1.46. The van der Waals surface area contributed by atoms with E-state index < -0.39 is 0 Å². The summed E-state index contributed by atoms with van der Waals surface area (Å²) in [5.74, 6) is 1.70. The Morgan fingerprint density at radius 2 is 2.15 bits per heavy atom. The molecule has 1 heteroatoms. The predicted octanol–water partition coefficient (Wildman–Crippen LogP) is 2.95. The highest BCUT2D eigenvalue weighted by Crippen LogP contribution is 2.32. The van der Waals surface area contributed by atoms with Crippen LogP contribution in [0.1, 0.15) is 25.0 Å². The molecule has 1 aliphatic heterocycles. The van der Waals surface area contributed by atoms with Gasteiger partial charge in [0.2, 0.25) is 0 Å². The van der Waals surface area contributed by atoms with Crippen molar-refractivity contribution in [3.8, 4) is 5.75 Å². The normalized spacial score (nSPS) is 20.2. The van der Waals surface area contributed by atoms with Crippen LogP contribution >= 0.6 is 0 Å². The molecule has 2 rings (SSSR count). The molecule has 1 unspecified atom stereocenters. The molecule has 1 aromatic rings. The van der Waals surface area contributed by atoms with Crippen molar-refractivity contribution < 1.29 is 4.74 Å². The van der Waals surface area contributed by atoms with Crippen molar-refractivity contribution in [1.82, 2.24) is 0 Å². The SMILES string of the molecule is Cc1ccc2c(c1)OC(C(C)C)C2. The number of rotatable bonds is 1. The highest BCUT2D eigenvalue weighted by Gasteiger charge is 2.24. The van der Waals surface area contributed by atoms with Gasteiger partial charge in [-0.15, -0.1) is 0 Å². The molecule has 0 spiro atoms. The minimum atomic E-state index is 0.386. The maximum Gasteiger partial charge on any atom is 0.123 e. The number of benzene rings is 1. The first kappa shape index (κ1) is 8.61. The van der Waals surface area contributed by atoms with E-state index in [-0.39, 0.29) is 0 Å². The van der Waals surface area contributed by atoms with Crippen LogP contribution in [0.5, 0.6) is 5.75 Å². The van der Waals surface area contributed by atoms with E-state index in [1.165, 1.54) is 11.1 Å². The van der Waals surface area contributed by atoms with Gasteiger partial charge in [0.1, 0.15) is 11.9 Å². The molecule has 0 N–H and O–H groups in total. The zero-order valence-corrected chi connectivity index (χ0v) is 8.50. The smallest absolute Gasteiger partial charge is 0.123 e. The Balaban J connectivity index is 2.25. The van der Waals surface area contributed by atoms with Gasteiger partial charge in [0, 0.05) is 6.42 Å². The summed E-state index contributed by atoms with van der Waals surface area (Å²) in [6.45, 7) is 6.53. The molecule has 1 aliphatic rings. The van der Waals surface area contributed by atoms with Gasteiger partial charge in [0.15, 0.2) is 0 Å². The van der Waals surface area contributed by atoms with Crippen LogP contribution in [0.15, 0.2) is 18.2 Å². The molecule has 0 radical (unpaired) electrons. The molecule has 1 nitrogen and oxygen atoms in total. The molecule has 1 atom stereocenters. The molecule has 0 saturated carbocycles. The summed E-state index contributed by atoms with van der Waals surface area (Å²) in [4.78, 5) is 0. The summed E-state index contributed by atoms with van der Waals surface area (Å²) in [6, 6.07) is 6.48. The first-order chi connectivity index (χ1) is 6.16. The van der Waals surface area contributed by atoms with Crippen LogP contribution < -0.4 is 4.74 Å². The number of ether oxygens (including phenoxy) is 1. The monoisotopic (exact) mass is 176 g/mol. The molecule has 70 valence electrons. The zero-order valence-electron chi connectivity index (χ0n) is 8.50. The van der Waals surface area contributed by atoms with Crippen LogP contribution in [0, 0.1) is 12.8 Å². The number of aryl methyl sites for hydroxylation is 1. The van der Waals surface area contributed by atoms with E-state index in [0.29, 0.717) is 12.0 Å². The van der Waals surface area contributed by atoms with Gasteiger partial charge in [0.25, 0.3) is 0 Å². The lowest BCUT2D eigenvalue weighted by Gasteiger charge is -2.13. The van der Waals surface area contributed by atoms with E-state index in [4.69, 9.17) is 4.74 Å². The minimum Gasteiger partial charge on any atom is -0.490 e. The Bertz CT molecular complexity index is 315. The van der Waals surface area contributed by atoms with Crippen molar-refractivity contribution >= 4 is 0 Å². The molecule has 13 heavy (non-hydrogen) atoms. The summed E-state index contributed by atoms with van der Waals surface area (Å²) in [5.41, 5.74) is 2.65. The second-order valence-electron chi connectivity index (χ2n) is 4.22. The molecule has 0 aliphatic carbocycles. The number of hydrogen-bond acceptors (Lipinski definition) is 1. The quantitative estimate of drug-likeness (QED) is 0.639. The second-order valence-corrected chi connectivity index (χ2v) is 4.22. The molecule has 1 heterocycles. The molecule has 0 bridgehead atoms. The Kier molecular flexibility index (Phi) is 2.03. The summed E-state index contributed by atoms with van der Waals surface area (Å²) in [5, 5.41) is 0. The average molecular weight is 176 g/mol. The molecule has 0 fully saturated rings. The molecule has 1 aromatic carbocycles. The molecule has 0 saturated heterocycles. The lowest BCUT2D eigenvalue weighted by molar-refractivity contribution is 0.178. The lowest BCUT2D eigenvalue weighted by Crippen LogP contribution is -2.19. The Morgan fingerprint density at radius 1 is 1.38 bits per heavy atom. The molecular weight excluding hydrogens is 160 g/mol. The zero-order chi connectivity index (χ0) is 9.42.